The van der Waals surface area contributed by atoms with Gasteiger partial charge in [-0.05, 0) is 12.8 Å². The molecule has 11 heteroatoms. The Kier molecular flexibility index (Phi) is 4.62. The van der Waals surface area contributed by atoms with Gasteiger partial charge in [-0.15, -0.1) is 0 Å². The molecule has 0 aromatic carbocycles. The zero-order chi connectivity index (χ0) is 18.0. The number of aromatic nitrogens is 2. The van der Waals surface area contributed by atoms with Crippen LogP contribution in [0.2, 0.25) is 5.15 Å². The Morgan fingerprint density at radius 2 is 2.16 bits per heavy atom. The third-order valence-electron chi connectivity index (χ3n) is 4.41. The number of nitrogen functional groups attached to an aromatic ring is 1. The van der Waals surface area contributed by atoms with E-state index in [-0.39, 0.29) is 28.0 Å². The van der Waals surface area contributed by atoms with Crippen molar-refractivity contribution < 1.29 is 9.59 Å². The fraction of sp³-hybridized carbons (Fsp3) is 0.500. The number of aliphatic imine (C=N–C) groups is 1. The van der Waals surface area contributed by atoms with Gasteiger partial charge in [-0.1, -0.05) is 11.6 Å². The van der Waals surface area contributed by atoms with Crippen molar-refractivity contribution >= 4 is 41.5 Å². The Morgan fingerprint density at radius 3 is 2.80 bits per heavy atom. The summed E-state index contributed by atoms with van der Waals surface area (Å²) in [5, 5.41) is 9.07. The van der Waals surface area contributed by atoms with Gasteiger partial charge in [0, 0.05) is 26.7 Å². The van der Waals surface area contributed by atoms with Crippen LogP contribution in [0.4, 0.5) is 11.6 Å². The fourth-order valence-electron chi connectivity index (χ4n) is 2.93. The number of anilines is 2. The zero-order valence-corrected chi connectivity index (χ0v) is 14.4. The maximum absolute atomic E-state index is 12.4. The molecular weight excluding hydrogens is 348 g/mol. The fourth-order valence-corrected chi connectivity index (χ4v) is 3.05. The summed E-state index contributed by atoms with van der Waals surface area (Å²) < 4.78 is 0. The highest BCUT2D eigenvalue weighted by atomic mass is 35.5. The molecule has 0 aliphatic carbocycles. The van der Waals surface area contributed by atoms with Crippen LogP contribution in [-0.4, -0.2) is 65.4 Å². The number of nitrogens with one attached hydrogen (secondary N) is 3. The third-order valence-corrected chi connectivity index (χ3v) is 4.69. The van der Waals surface area contributed by atoms with Crippen LogP contribution in [0, 0.1) is 0 Å². The van der Waals surface area contributed by atoms with Gasteiger partial charge in [0.15, 0.2) is 28.4 Å². The number of likely N-dealkylation sites (tertiary alicyclic amines) is 1. The monoisotopic (exact) mass is 366 g/mol. The first-order valence-corrected chi connectivity index (χ1v) is 8.19. The average Bonchev–Trinajstić information content (AvgIpc) is 2.99. The number of nitrogens with two attached hydrogens (primary N) is 1. The highest BCUT2D eigenvalue weighted by Gasteiger charge is 2.39. The van der Waals surface area contributed by atoms with Crippen LogP contribution < -0.4 is 21.7 Å². The Hall–Kier alpha value is -2.62. The molecule has 2 saturated heterocycles. The maximum atomic E-state index is 12.4. The van der Waals surface area contributed by atoms with Gasteiger partial charge >= 0.3 is 5.91 Å². The number of piperidine rings is 1. The topological polar surface area (TPSA) is 138 Å². The first-order chi connectivity index (χ1) is 12.0. The first kappa shape index (κ1) is 17.2. The zero-order valence-electron chi connectivity index (χ0n) is 13.7. The Morgan fingerprint density at radius 1 is 1.44 bits per heavy atom. The molecule has 2 aliphatic heterocycles. The standard InChI is InChI=1S/C14H19ClN8O2/c1-17-11-8(19-9(15)10(16)20-11)12(25)21-13-18-6-14(22-13)2-4-23(7-24)5-3-14/h7H,2-6H2,1H3,(H3,16,17,20)(H2,18,21,22,25). The largest absolute Gasteiger partial charge is 0.381 e. The van der Waals surface area contributed by atoms with Gasteiger partial charge in [-0.25, -0.2) is 9.97 Å². The number of rotatable bonds is 3. The lowest BCUT2D eigenvalue weighted by molar-refractivity contribution is -0.119. The predicted octanol–water partition coefficient (Wildman–Crippen LogP) is -0.566. The number of hydrogen-bond donors (Lipinski definition) is 4. The molecule has 3 rings (SSSR count). The van der Waals surface area contributed by atoms with E-state index in [2.05, 4.69) is 30.9 Å². The second-order valence-electron chi connectivity index (χ2n) is 6.01. The quantitative estimate of drug-likeness (QED) is 0.522. The van der Waals surface area contributed by atoms with Gasteiger partial charge in [-0.2, -0.15) is 4.99 Å². The van der Waals surface area contributed by atoms with Gasteiger partial charge in [0.25, 0.3) is 0 Å². The normalized spacial score (nSPS) is 20.2. The molecular formula is C14H19ClN8O2. The van der Waals surface area contributed by atoms with Crippen molar-refractivity contribution in [1.82, 2.24) is 25.5 Å². The minimum Gasteiger partial charge on any atom is -0.381 e. The summed E-state index contributed by atoms with van der Waals surface area (Å²) in [5.41, 5.74) is 5.39. The molecule has 10 nitrogen and oxygen atoms in total. The molecule has 25 heavy (non-hydrogen) atoms. The predicted molar refractivity (Wildman–Crippen MR) is 93.5 cm³/mol. The van der Waals surface area contributed by atoms with Gasteiger partial charge in [-0.3, -0.25) is 9.59 Å². The molecule has 2 fully saturated rings. The van der Waals surface area contributed by atoms with Crippen molar-refractivity contribution in [3.63, 3.8) is 0 Å². The van der Waals surface area contributed by atoms with Gasteiger partial charge in [0.05, 0.1) is 5.54 Å². The summed E-state index contributed by atoms with van der Waals surface area (Å²) in [6, 6.07) is 0. The van der Waals surface area contributed by atoms with Crippen LogP contribution in [0.25, 0.3) is 0 Å². The molecule has 1 aromatic heterocycles. The number of amides is 2. The van der Waals surface area contributed by atoms with Crippen LogP contribution in [-0.2, 0) is 4.79 Å². The van der Waals surface area contributed by atoms with E-state index in [1.165, 1.54) is 0 Å². The van der Waals surface area contributed by atoms with Crippen molar-refractivity contribution in [3.05, 3.63) is 10.8 Å². The SMILES string of the molecule is CNc1nc(N)c(Cl)nc1C(=O)/N=C1\NCC2(CCN(C=O)CC2)N1. The molecule has 134 valence electrons. The maximum Gasteiger partial charge on any atom is 0.302 e. The smallest absolute Gasteiger partial charge is 0.302 e. The molecule has 0 bridgehead atoms. The summed E-state index contributed by atoms with van der Waals surface area (Å²) in [6.07, 6.45) is 2.42. The van der Waals surface area contributed by atoms with Gasteiger partial charge < -0.3 is 26.6 Å². The molecule has 0 atom stereocenters. The minimum atomic E-state index is -0.587. The van der Waals surface area contributed by atoms with Crippen molar-refractivity contribution in [2.24, 2.45) is 4.99 Å². The van der Waals surface area contributed by atoms with E-state index >= 15 is 0 Å². The van der Waals surface area contributed by atoms with E-state index in [9.17, 15) is 9.59 Å². The van der Waals surface area contributed by atoms with Crippen molar-refractivity contribution in [2.45, 2.75) is 18.4 Å². The van der Waals surface area contributed by atoms with E-state index in [4.69, 9.17) is 17.3 Å². The molecule has 0 radical (unpaired) electrons. The van der Waals surface area contributed by atoms with E-state index in [0.29, 0.717) is 25.6 Å². The molecule has 0 saturated carbocycles. The number of halogens is 1. The van der Waals surface area contributed by atoms with Gasteiger partial charge in [0.2, 0.25) is 6.41 Å². The number of hydrogen-bond acceptors (Lipinski definition) is 6. The number of carbonyl (C=O) groups is 2. The summed E-state index contributed by atoms with van der Waals surface area (Å²) in [7, 11) is 1.60. The Bertz CT molecular complexity index is 730. The van der Waals surface area contributed by atoms with Crippen LogP contribution >= 0.6 is 11.6 Å². The number of carbonyl (C=O) groups excluding carboxylic acids is 2. The van der Waals surface area contributed by atoms with E-state index < -0.39 is 5.91 Å². The lowest BCUT2D eigenvalue weighted by atomic mass is 9.89. The molecule has 1 spiro atoms. The summed E-state index contributed by atoms with van der Waals surface area (Å²) >= 11 is 5.86. The summed E-state index contributed by atoms with van der Waals surface area (Å²) in [5.74, 6) is 0.0361. The van der Waals surface area contributed by atoms with Crippen LogP contribution in [0.5, 0.6) is 0 Å². The van der Waals surface area contributed by atoms with Crippen LogP contribution in [0.3, 0.4) is 0 Å². The summed E-state index contributed by atoms with van der Waals surface area (Å²) in [4.78, 5) is 37.0. The molecule has 0 unspecified atom stereocenters. The molecule has 1 aromatic rings. The highest BCUT2D eigenvalue weighted by Crippen LogP contribution is 2.24. The third kappa shape index (κ3) is 3.43. The van der Waals surface area contributed by atoms with Crippen molar-refractivity contribution in [1.29, 1.82) is 0 Å². The van der Waals surface area contributed by atoms with Crippen molar-refractivity contribution in [2.75, 3.05) is 37.7 Å². The molecule has 3 heterocycles. The number of guanidine groups is 1. The molecule has 2 amide bonds. The van der Waals surface area contributed by atoms with Crippen LogP contribution in [0.1, 0.15) is 23.3 Å². The summed E-state index contributed by atoms with van der Waals surface area (Å²) in [6.45, 7) is 1.98. The van der Waals surface area contributed by atoms with E-state index in [1.807, 2.05) is 0 Å². The lowest BCUT2D eigenvalue weighted by Gasteiger charge is -2.36. The highest BCUT2D eigenvalue weighted by molar-refractivity contribution is 6.31. The van der Waals surface area contributed by atoms with Crippen LogP contribution in [0.15, 0.2) is 4.99 Å². The molecule has 2 aliphatic rings. The molecule has 5 N–H and O–H groups in total. The Labute approximate surface area is 149 Å². The van der Waals surface area contributed by atoms with Crippen molar-refractivity contribution in [3.8, 4) is 0 Å². The minimum absolute atomic E-state index is 0.00507. The second-order valence-corrected chi connectivity index (χ2v) is 6.37. The van der Waals surface area contributed by atoms with E-state index in [0.717, 1.165) is 19.3 Å². The average molecular weight is 367 g/mol. The first-order valence-electron chi connectivity index (χ1n) is 7.81. The Balaban J connectivity index is 1.75. The second kappa shape index (κ2) is 6.71. The van der Waals surface area contributed by atoms with E-state index in [1.54, 1.807) is 11.9 Å². The number of nitrogens with zero attached hydrogens (tertiary/aromatic N) is 4. The lowest BCUT2D eigenvalue weighted by Crippen LogP contribution is -2.52. The van der Waals surface area contributed by atoms with Gasteiger partial charge in [0.1, 0.15) is 0 Å².